The zero-order valence-corrected chi connectivity index (χ0v) is 29.0. The van der Waals surface area contributed by atoms with Crippen LogP contribution in [0.25, 0.3) is 0 Å². The quantitative estimate of drug-likeness (QED) is 0.150. The Morgan fingerprint density at radius 3 is 2.34 bits per heavy atom. The Morgan fingerprint density at radius 1 is 1.09 bits per heavy atom. The van der Waals surface area contributed by atoms with E-state index in [1.165, 1.54) is 0 Å². The third-order valence-electron chi connectivity index (χ3n) is 8.20. The van der Waals surface area contributed by atoms with Gasteiger partial charge < -0.3 is 30.5 Å². The van der Waals surface area contributed by atoms with Crippen LogP contribution in [0.15, 0.2) is 30.5 Å². The molecule has 2 saturated heterocycles. The number of hydrogen-bond donors (Lipinski definition) is 4. The molecule has 3 rings (SSSR count). The van der Waals surface area contributed by atoms with Gasteiger partial charge in [0, 0.05) is 62.2 Å². The lowest BCUT2D eigenvalue weighted by Crippen LogP contribution is -2.29. The van der Waals surface area contributed by atoms with Gasteiger partial charge in [0.15, 0.2) is 0 Å². The fourth-order valence-electron chi connectivity index (χ4n) is 5.18. The van der Waals surface area contributed by atoms with Crippen LogP contribution in [0, 0.1) is 24.7 Å². The largest absolute Gasteiger partial charge is 0.483 e. The molecule has 0 aliphatic carbocycles. The number of aryl methyl sites for hydroxylation is 2. The average molecular weight is 660 g/mol. The van der Waals surface area contributed by atoms with E-state index in [9.17, 15) is 19.2 Å². The Hall–Kier alpha value is -3.57. The van der Waals surface area contributed by atoms with Gasteiger partial charge >= 0.3 is 0 Å². The second-order valence-corrected chi connectivity index (χ2v) is 12.8. The number of nitrogens with zero attached hydrogens (tertiary/aromatic N) is 1. The number of carbonyl (C=O) groups is 5. The minimum atomic E-state index is -0.250. The Labute approximate surface area is 280 Å². The molecule has 0 radical (unpaired) electrons. The minimum Gasteiger partial charge on any atom is -0.483 e. The maximum atomic E-state index is 12.5. The molecule has 47 heavy (non-hydrogen) atoms. The lowest BCUT2D eigenvalue weighted by molar-refractivity contribution is -0.131. The SMILES string of the molecule is C=C1CC(C(C)C)C(=O)N1CCCCCC(=O)NCCC(=O)Nc1cc(CCC(=O)C(C)C)ccc1C.O=CO.OC1CCCOC1. The number of benzene rings is 1. The van der Waals surface area contributed by atoms with Gasteiger partial charge in [-0.15, -0.1) is 0 Å². The third kappa shape index (κ3) is 16.7. The van der Waals surface area contributed by atoms with Gasteiger partial charge in [0.2, 0.25) is 17.7 Å². The van der Waals surface area contributed by atoms with Crippen LogP contribution >= 0.6 is 0 Å². The molecule has 11 heteroatoms. The lowest BCUT2D eigenvalue weighted by Gasteiger charge is -2.18. The van der Waals surface area contributed by atoms with Gasteiger partial charge in [0.05, 0.1) is 12.7 Å². The van der Waals surface area contributed by atoms with Crippen molar-refractivity contribution in [2.45, 2.75) is 105 Å². The van der Waals surface area contributed by atoms with Crippen molar-refractivity contribution in [2.24, 2.45) is 17.8 Å². The molecule has 2 heterocycles. The summed E-state index contributed by atoms with van der Waals surface area (Å²) in [6, 6.07) is 5.86. The number of aliphatic hydroxyl groups excluding tert-OH is 1. The highest BCUT2D eigenvalue weighted by Gasteiger charge is 2.35. The summed E-state index contributed by atoms with van der Waals surface area (Å²) in [6.45, 7) is 16.0. The predicted octanol–water partition coefficient (Wildman–Crippen LogP) is 5.03. The molecule has 0 aromatic heterocycles. The number of Topliss-reactive ketones (excluding diaryl/α,β-unsaturated/α-hetero) is 1. The highest BCUT2D eigenvalue weighted by Crippen LogP contribution is 2.32. The molecule has 3 amide bonds. The Morgan fingerprint density at radius 2 is 1.79 bits per heavy atom. The van der Waals surface area contributed by atoms with E-state index in [1.54, 1.807) is 0 Å². The summed E-state index contributed by atoms with van der Waals surface area (Å²) in [7, 11) is 0. The van der Waals surface area contributed by atoms with E-state index in [0.717, 1.165) is 67.6 Å². The molecular weight excluding hydrogens is 602 g/mol. The minimum absolute atomic E-state index is 0.0265. The van der Waals surface area contributed by atoms with Crippen LogP contribution in [0.2, 0.25) is 0 Å². The number of ether oxygens (including phenoxy) is 1. The van der Waals surface area contributed by atoms with E-state index in [1.807, 2.05) is 43.9 Å². The number of nitrogens with one attached hydrogen (secondary N) is 2. The highest BCUT2D eigenvalue weighted by molar-refractivity contribution is 5.92. The molecule has 0 bridgehead atoms. The lowest BCUT2D eigenvalue weighted by atomic mass is 9.94. The van der Waals surface area contributed by atoms with Gasteiger partial charge in [-0.25, -0.2) is 0 Å². The molecule has 2 atom stereocenters. The molecule has 4 N–H and O–H groups in total. The zero-order valence-electron chi connectivity index (χ0n) is 29.0. The molecule has 0 saturated carbocycles. The zero-order chi connectivity index (χ0) is 35.4. The number of rotatable bonds is 15. The maximum absolute atomic E-state index is 12.5. The van der Waals surface area contributed by atoms with Crippen LogP contribution in [0.3, 0.4) is 0 Å². The summed E-state index contributed by atoms with van der Waals surface area (Å²) in [6.07, 6.45) is 6.67. The summed E-state index contributed by atoms with van der Waals surface area (Å²) < 4.78 is 4.93. The van der Waals surface area contributed by atoms with Crippen molar-refractivity contribution in [3.05, 3.63) is 41.6 Å². The summed E-state index contributed by atoms with van der Waals surface area (Å²) in [5, 5.41) is 21.4. The normalized spacial score (nSPS) is 17.4. The molecule has 264 valence electrons. The summed E-state index contributed by atoms with van der Waals surface area (Å²) in [4.78, 5) is 59.1. The number of carboxylic acid groups (broad SMARTS) is 1. The molecule has 1 aromatic rings. The smallest absolute Gasteiger partial charge is 0.290 e. The van der Waals surface area contributed by atoms with Gasteiger partial charge in [-0.05, 0) is 68.6 Å². The first-order valence-corrected chi connectivity index (χ1v) is 16.8. The predicted molar refractivity (Wildman–Crippen MR) is 183 cm³/mol. The van der Waals surface area contributed by atoms with Crippen LogP contribution < -0.4 is 10.6 Å². The monoisotopic (exact) mass is 659 g/mol. The Kier molecular flexibility index (Phi) is 20.2. The fourth-order valence-corrected chi connectivity index (χ4v) is 5.18. The number of unbranched alkanes of at least 4 members (excludes halogenated alkanes) is 2. The molecule has 2 aliphatic rings. The molecule has 11 nitrogen and oxygen atoms in total. The Balaban J connectivity index is 0.000000945. The molecule has 2 unspecified atom stereocenters. The first kappa shape index (κ1) is 41.5. The number of amides is 3. The first-order chi connectivity index (χ1) is 22.3. The van der Waals surface area contributed by atoms with Crippen molar-refractivity contribution in [1.82, 2.24) is 10.2 Å². The number of allylic oxidation sites excluding steroid dienone is 1. The molecule has 0 spiro atoms. The van der Waals surface area contributed by atoms with Gasteiger partial charge in [-0.3, -0.25) is 24.0 Å². The van der Waals surface area contributed by atoms with Crippen LogP contribution in [0.5, 0.6) is 0 Å². The number of anilines is 1. The highest BCUT2D eigenvalue weighted by atomic mass is 16.5. The van der Waals surface area contributed by atoms with E-state index >= 15 is 0 Å². The van der Waals surface area contributed by atoms with Crippen molar-refractivity contribution in [3.63, 3.8) is 0 Å². The molecule has 1 aromatic carbocycles. The van der Waals surface area contributed by atoms with Crippen molar-refractivity contribution in [2.75, 3.05) is 31.6 Å². The van der Waals surface area contributed by atoms with Crippen LogP contribution in [-0.4, -0.2) is 77.5 Å². The van der Waals surface area contributed by atoms with E-state index in [2.05, 4.69) is 31.1 Å². The second-order valence-electron chi connectivity index (χ2n) is 12.8. The van der Waals surface area contributed by atoms with Crippen LogP contribution in [0.1, 0.15) is 96.6 Å². The summed E-state index contributed by atoms with van der Waals surface area (Å²) >= 11 is 0. The van der Waals surface area contributed by atoms with Crippen LogP contribution in [0.4, 0.5) is 5.69 Å². The molecule has 2 aliphatic heterocycles. The van der Waals surface area contributed by atoms with Gasteiger partial charge in [-0.2, -0.15) is 0 Å². The van der Waals surface area contributed by atoms with E-state index < -0.39 is 0 Å². The van der Waals surface area contributed by atoms with E-state index in [4.69, 9.17) is 19.7 Å². The third-order valence-corrected chi connectivity index (χ3v) is 8.20. The van der Waals surface area contributed by atoms with E-state index in [-0.39, 0.29) is 60.9 Å². The van der Waals surface area contributed by atoms with Gasteiger partial charge in [0.25, 0.3) is 6.47 Å². The number of hydrogen-bond acceptors (Lipinski definition) is 7. The van der Waals surface area contributed by atoms with Gasteiger partial charge in [-0.1, -0.05) is 52.8 Å². The number of likely N-dealkylation sites (tertiary alicyclic amines) is 1. The van der Waals surface area contributed by atoms with Crippen molar-refractivity contribution >= 4 is 35.7 Å². The summed E-state index contributed by atoms with van der Waals surface area (Å²) in [5.74, 6) is 0.577. The number of aliphatic hydroxyl groups is 1. The van der Waals surface area contributed by atoms with E-state index in [0.29, 0.717) is 38.3 Å². The molecule has 2 fully saturated rings. The van der Waals surface area contributed by atoms with Crippen molar-refractivity contribution in [3.8, 4) is 0 Å². The average Bonchev–Trinajstić information content (AvgIpc) is 3.31. The number of ketones is 1. The topological polar surface area (TPSA) is 162 Å². The van der Waals surface area contributed by atoms with Crippen LogP contribution in [-0.2, 0) is 35.1 Å². The summed E-state index contributed by atoms with van der Waals surface area (Å²) in [5.41, 5.74) is 3.61. The fraction of sp³-hybridized carbons (Fsp3) is 0.639. The second kappa shape index (κ2) is 22.9. The molecular formula is C36H57N3O8. The standard InChI is InChI=1S/C30H45N3O4.C5H10O2.CH2O2/c1-20(2)25-18-23(6)33(30(25)37)17-9-7-8-10-28(35)31-16-15-29(36)32-26-19-24(12-11-22(26)5)13-14-27(34)21(3)4;6-5-2-1-3-7-4-5;2-1-3/h11-12,19-21,25H,6-10,13-18H2,1-5H3,(H,31,35)(H,32,36);5-6H,1-4H2;1H,(H,2,3). The van der Waals surface area contributed by atoms with Crippen molar-refractivity contribution in [1.29, 1.82) is 0 Å². The first-order valence-electron chi connectivity index (χ1n) is 16.8. The maximum Gasteiger partial charge on any atom is 0.290 e. The van der Waals surface area contributed by atoms with Crippen molar-refractivity contribution < 1.29 is 38.9 Å². The number of carbonyl (C=O) groups excluding carboxylic acids is 4. The Bertz CT molecular complexity index is 1160. The van der Waals surface area contributed by atoms with Gasteiger partial charge in [0.1, 0.15) is 5.78 Å².